The molecular formula is C17H27NO. The molecule has 106 valence electrons. The first-order chi connectivity index (χ1) is 9.31. The predicted octanol–water partition coefficient (Wildman–Crippen LogP) is 3.94. The van der Waals surface area contributed by atoms with Crippen LogP contribution in [-0.2, 0) is 6.42 Å². The summed E-state index contributed by atoms with van der Waals surface area (Å²) >= 11 is 0. The quantitative estimate of drug-likeness (QED) is 0.727. The Kier molecular flexibility index (Phi) is 5.71. The predicted molar refractivity (Wildman–Crippen MR) is 80.8 cm³/mol. The number of hydrogen-bond donors (Lipinski definition) is 1. The Labute approximate surface area is 117 Å². The lowest BCUT2D eigenvalue weighted by molar-refractivity contribution is 0.186. The van der Waals surface area contributed by atoms with Gasteiger partial charge in [-0.3, -0.25) is 0 Å². The van der Waals surface area contributed by atoms with Gasteiger partial charge in [0.2, 0.25) is 0 Å². The van der Waals surface area contributed by atoms with E-state index in [1.54, 1.807) is 0 Å². The molecule has 1 aromatic carbocycles. The lowest BCUT2D eigenvalue weighted by Crippen LogP contribution is -2.32. The van der Waals surface area contributed by atoms with E-state index in [-0.39, 0.29) is 0 Å². The Balaban J connectivity index is 1.83. The van der Waals surface area contributed by atoms with E-state index in [1.165, 1.54) is 31.2 Å². The maximum atomic E-state index is 6.10. The Morgan fingerprint density at radius 3 is 2.47 bits per heavy atom. The van der Waals surface area contributed by atoms with Crippen LogP contribution in [-0.4, -0.2) is 18.7 Å². The standard InChI is InChI=1S/C17H27NO/c1-3-5-14-7-11-16(12-8-14)19-17(6-4-2)13-18-15-9-10-15/h7-8,11-12,15,17-18H,3-6,9-10,13H2,1-2H3. The first-order valence-electron chi connectivity index (χ1n) is 7.80. The van der Waals surface area contributed by atoms with Gasteiger partial charge in [0.1, 0.15) is 11.9 Å². The third-order valence-corrected chi connectivity index (χ3v) is 3.59. The second kappa shape index (κ2) is 7.54. The van der Waals surface area contributed by atoms with Crippen molar-refractivity contribution in [1.29, 1.82) is 0 Å². The minimum atomic E-state index is 0.308. The van der Waals surface area contributed by atoms with Gasteiger partial charge in [-0.05, 0) is 43.4 Å². The van der Waals surface area contributed by atoms with Crippen molar-refractivity contribution < 1.29 is 4.74 Å². The number of nitrogens with one attached hydrogen (secondary N) is 1. The molecule has 0 spiro atoms. The van der Waals surface area contributed by atoms with Gasteiger partial charge in [0.05, 0.1) is 0 Å². The van der Waals surface area contributed by atoms with Gasteiger partial charge < -0.3 is 10.1 Å². The van der Waals surface area contributed by atoms with Gasteiger partial charge in [0.25, 0.3) is 0 Å². The average Bonchev–Trinajstić information content (AvgIpc) is 3.23. The summed E-state index contributed by atoms with van der Waals surface area (Å²) in [5.74, 6) is 1.01. The molecule has 0 amide bonds. The van der Waals surface area contributed by atoms with Gasteiger partial charge in [0, 0.05) is 12.6 Å². The molecule has 0 heterocycles. The molecule has 1 saturated carbocycles. The summed E-state index contributed by atoms with van der Waals surface area (Å²) in [6.07, 6.45) is 7.63. The number of ether oxygens (including phenoxy) is 1. The smallest absolute Gasteiger partial charge is 0.119 e. The topological polar surface area (TPSA) is 21.3 Å². The van der Waals surface area contributed by atoms with Gasteiger partial charge in [-0.2, -0.15) is 0 Å². The van der Waals surface area contributed by atoms with Crippen molar-refractivity contribution in [1.82, 2.24) is 5.32 Å². The first kappa shape index (κ1) is 14.4. The summed E-state index contributed by atoms with van der Waals surface area (Å²) in [4.78, 5) is 0. The Morgan fingerprint density at radius 1 is 1.16 bits per heavy atom. The van der Waals surface area contributed by atoms with Gasteiger partial charge in [0.15, 0.2) is 0 Å². The van der Waals surface area contributed by atoms with Crippen LogP contribution in [0.4, 0.5) is 0 Å². The molecule has 0 saturated heterocycles. The molecule has 1 unspecified atom stereocenters. The lowest BCUT2D eigenvalue weighted by Gasteiger charge is -2.19. The number of benzene rings is 1. The first-order valence-corrected chi connectivity index (χ1v) is 7.80. The molecule has 0 bridgehead atoms. The highest BCUT2D eigenvalue weighted by atomic mass is 16.5. The molecule has 1 fully saturated rings. The molecule has 0 aromatic heterocycles. The molecule has 0 radical (unpaired) electrons. The Morgan fingerprint density at radius 2 is 1.89 bits per heavy atom. The highest BCUT2D eigenvalue weighted by Gasteiger charge is 2.22. The summed E-state index contributed by atoms with van der Waals surface area (Å²) in [6.45, 7) is 5.41. The molecule has 19 heavy (non-hydrogen) atoms. The van der Waals surface area contributed by atoms with E-state index in [4.69, 9.17) is 4.74 Å². The van der Waals surface area contributed by atoms with Crippen LogP contribution in [0, 0.1) is 0 Å². The summed E-state index contributed by atoms with van der Waals surface area (Å²) in [7, 11) is 0. The molecule has 1 aliphatic rings. The van der Waals surface area contributed by atoms with E-state index in [2.05, 4.69) is 43.4 Å². The fraction of sp³-hybridized carbons (Fsp3) is 0.647. The minimum absolute atomic E-state index is 0.308. The van der Waals surface area contributed by atoms with Crippen molar-refractivity contribution >= 4 is 0 Å². The van der Waals surface area contributed by atoms with E-state index >= 15 is 0 Å². The highest BCUT2D eigenvalue weighted by Crippen LogP contribution is 2.20. The second-order valence-electron chi connectivity index (χ2n) is 5.61. The van der Waals surface area contributed by atoms with Crippen LogP contribution in [0.2, 0.25) is 0 Å². The summed E-state index contributed by atoms with van der Waals surface area (Å²) in [6, 6.07) is 9.37. The van der Waals surface area contributed by atoms with Crippen molar-refractivity contribution in [3.8, 4) is 5.75 Å². The van der Waals surface area contributed by atoms with Gasteiger partial charge >= 0.3 is 0 Å². The largest absolute Gasteiger partial charge is 0.489 e. The lowest BCUT2D eigenvalue weighted by atomic mass is 10.1. The molecule has 0 aliphatic heterocycles. The molecule has 2 heteroatoms. The van der Waals surface area contributed by atoms with Crippen LogP contribution in [0.25, 0.3) is 0 Å². The van der Waals surface area contributed by atoms with Crippen molar-refractivity contribution in [3.05, 3.63) is 29.8 Å². The zero-order chi connectivity index (χ0) is 13.5. The highest BCUT2D eigenvalue weighted by molar-refractivity contribution is 5.27. The molecule has 1 aromatic rings. The van der Waals surface area contributed by atoms with Crippen molar-refractivity contribution in [2.24, 2.45) is 0 Å². The van der Waals surface area contributed by atoms with Gasteiger partial charge in [-0.15, -0.1) is 0 Å². The Bertz CT molecular complexity index is 356. The zero-order valence-corrected chi connectivity index (χ0v) is 12.3. The molecule has 1 N–H and O–H groups in total. The van der Waals surface area contributed by atoms with E-state index in [0.717, 1.165) is 31.2 Å². The fourth-order valence-corrected chi connectivity index (χ4v) is 2.33. The van der Waals surface area contributed by atoms with Crippen LogP contribution in [0.3, 0.4) is 0 Å². The number of hydrogen-bond acceptors (Lipinski definition) is 2. The maximum absolute atomic E-state index is 6.10. The van der Waals surface area contributed by atoms with Crippen LogP contribution < -0.4 is 10.1 Å². The minimum Gasteiger partial charge on any atom is -0.489 e. The maximum Gasteiger partial charge on any atom is 0.119 e. The molecule has 1 atom stereocenters. The molecule has 1 aliphatic carbocycles. The Hall–Kier alpha value is -1.02. The fourth-order valence-electron chi connectivity index (χ4n) is 2.33. The van der Waals surface area contributed by atoms with E-state index in [9.17, 15) is 0 Å². The van der Waals surface area contributed by atoms with Crippen molar-refractivity contribution in [3.63, 3.8) is 0 Å². The van der Waals surface area contributed by atoms with Crippen LogP contribution in [0.15, 0.2) is 24.3 Å². The number of aryl methyl sites for hydroxylation is 1. The summed E-state index contributed by atoms with van der Waals surface area (Å²) in [5.41, 5.74) is 1.40. The van der Waals surface area contributed by atoms with Gasteiger partial charge in [-0.1, -0.05) is 38.8 Å². The number of rotatable bonds is 9. The third-order valence-electron chi connectivity index (χ3n) is 3.59. The van der Waals surface area contributed by atoms with E-state index < -0.39 is 0 Å². The van der Waals surface area contributed by atoms with Crippen LogP contribution >= 0.6 is 0 Å². The van der Waals surface area contributed by atoms with Crippen LogP contribution in [0.5, 0.6) is 5.75 Å². The van der Waals surface area contributed by atoms with E-state index in [1.807, 2.05) is 0 Å². The summed E-state index contributed by atoms with van der Waals surface area (Å²) in [5, 5.41) is 3.57. The van der Waals surface area contributed by atoms with Crippen molar-refractivity contribution in [2.45, 2.75) is 64.5 Å². The average molecular weight is 261 g/mol. The van der Waals surface area contributed by atoms with E-state index in [0.29, 0.717) is 6.10 Å². The summed E-state index contributed by atoms with van der Waals surface area (Å²) < 4.78 is 6.10. The SMILES string of the molecule is CCCc1ccc(OC(CCC)CNC2CC2)cc1. The van der Waals surface area contributed by atoms with Crippen molar-refractivity contribution in [2.75, 3.05) is 6.54 Å². The molecular weight excluding hydrogens is 234 g/mol. The third kappa shape index (κ3) is 5.23. The van der Waals surface area contributed by atoms with Gasteiger partial charge in [-0.25, -0.2) is 0 Å². The normalized spacial score (nSPS) is 16.3. The van der Waals surface area contributed by atoms with Crippen LogP contribution in [0.1, 0.15) is 51.5 Å². The monoisotopic (exact) mass is 261 g/mol. The second-order valence-corrected chi connectivity index (χ2v) is 5.61. The molecule has 2 rings (SSSR count). The molecule has 2 nitrogen and oxygen atoms in total. The zero-order valence-electron chi connectivity index (χ0n) is 12.3.